The van der Waals surface area contributed by atoms with Crippen LogP contribution in [0.4, 0.5) is 22.0 Å². The summed E-state index contributed by atoms with van der Waals surface area (Å²) in [5.41, 5.74) is 0. The molecule has 0 amide bonds. The Balaban J connectivity index is 4.16. The van der Waals surface area contributed by atoms with Crippen LogP contribution >= 0.6 is 0 Å². The molecule has 0 aliphatic rings. The lowest BCUT2D eigenvalue weighted by molar-refractivity contribution is -0.169. The standard InChI is InChI=1S/C6H7F5/c1-2-3-4(7)6(10,11)5(8)9/h2,4-5H,1,3H2. The first-order chi connectivity index (χ1) is 4.92. The molecule has 11 heavy (non-hydrogen) atoms. The van der Waals surface area contributed by atoms with Gasteiger partial charge in [-0.2, -0.15) is 8.78 Å². The SMILES string of the molecule is C=CCC(F)C(F)(F)C(F)F. The van der Waals surface area contributed by atoms with Crippen molar-refractivity contribution in [2.45, 2.75) is 24.9 Å². The summed E-state index contributed by atoms with van der Waals surface area (Å²) in [6.45, 7) is 2.96. The quantitative estimate of drug-likeness (QED) is 0.454. The maximum atomic E-state index is 12.1. The van der Waals surface area contributed by atoms with Gasteiger partial charge in [0.1, 0.15) is 0 Å². The zero-order valence-electron chi connectivity index (χ0n) is 5.54. The molecule has 1 unspecified atom stereocenters. The maximum Gasteiger partial charge on any atom is 0.338 e. The van der Waals surface area contributed by atoms with Gasteiger partial charge < -0.3 is 0 Å². The normalized spacial score (nSPS) is 15.1. The Morgan fingerprint density at radius 3 is 2.00 bits per heavy atom. The van der Waals surface area contributed by atoms with Crippen molar-refractivity contribution in [3.63, 3.8) is 0 Å². The van der Waals surface area contributed by atoms with Gasteiger partial charge >= 0.3 is 12.3 Å². The van der Waals surface area contributed by atoms with E-state index in [4.69, 9.17) is 0 Å². The molecule has 66 valence electrons. The Bertz CT molecular complexity index is 131. The Hall–Kier alpha value is -0.610. The number of allylic oxidation sites excluding steroid dienone is 1. The molecule has 0 nitrogen and oxygen atoms in total. The van der Waals surface area contributed by atoms with Crippen molar-refractivity contribution in [2.24, 2.45) is 0 Å². The van der Waals surface area contributed by atoms with Crippen LogP contribution in [0.5, 0.6) is 0 Å². The van der Waals surface area contributed by atoms with E-state index in [0.717, 1.165) is 6.08 Å². The predicted molar refractivity (Wildman–Crippen MR) is 30.7 cm³/mol. The fraction of sp³-hybridized carbons (Fsp3) is 0.667. The van der Waals surface area contributed by atoms with Gasteiger partial charge in [-0.05, 0) is 0 Å². The molecule has 0 heterocycles. The lowest BCUT2D eigenvalue weighted by atomic mass is 10.1. The topological polar surface area (TPSA) is 0 Å². The Morgan fingerprint density at radius 2 is 1.73 bits per heavy atom. The number of rotatable bonds is 4. The molecular formula is C6H7F5. The third-order valence-corrected chi connectivity index (χ3v) is 1.08. The minimum atomic E-state index is -4.56. The highest BCUT2D eigenvalue weighted by molar-refractivity contribution is 4.85. The molecule has 0 N–H and O–H groups in total. The van der Waals surface area contributed by atoms with Gasteiger partial charge in [0, 0.05) is 6.42 Å². The fourth-order valence-electron chi connectivity index (χ4n) is 0.440. The predicted octanol–water partition coefficient (Wildman–Crippen LogP) is 2.80. The molecule has 0 bridgehead atoms. The highest BCUT2D eigenvalue weighted by Crippen LogP contribution is 2.30. The molecule has 0 aliphatic carbocycles. The van der Waals surface area contributed by atoms with E-state index in [0.29, 0.717) is 0 Å². The monoisotopic (exact) mass is 174 g/mol. The second kappa shape index (κ2) is 3.69. The number of halogens is 5. The van der Waals surface area contributed by atoms with Gasteiger partial charge in [-0.3, -0.25) is 0 Å². The summed E-state index contributed by atoms with van der Waals surface area (Å²) in [4.78, 5) is 0. The first-order valence-electron chi connectivity index (χ1n) is 2.83. The van der Waals surface area contributed by atoms with E-state index in [1.54, 1.807) is 0 Å². The van der Waals surface area contributed by atoms with E-state index >= 15 is 0 Å². The summed E-state index contributed by atoms with van der Waals surface area (Å²) in [5.74, 6) is -4.56. The van der Waals surface area contributed by atoms with Crippen LogP contribution in [0, 0.1) is 0 Å². The highest BCUT2D eigenvalue weighted by atomic mass is 19.3. The number of hydrogen-bond donors (Lipinski definition) is 0. The van der Waals surface area contributed by atoms with Crippen molar-refractivity contribution >= 4 is 0 Å². The highest BCUT2D eigenvalue weighted by Gasteiger charge is 2.48. The third kappa shape index (κ3) is 2.48. The molecule has 0 saturated carbocycles. The Kier molecular flexibility index (Phi) is 3.48. The summed E-state index contributed by atoms with van der Waals surface area (Å²) in [7, 11) is 0. The molecular weight excluding hydrogens is 167 g/mol. The third-order valence-electron chi connectivity index (χ3n) is 1.08. The fourth-order valence-corrected chi connectivity index (χ4v) is 0.440. The van der Waals surface area contributed by atoms with Crippen molar-refractivity contribution in [3.8, 4) is 0 Å². The first-order valence-corrected chi connectivity index (χ1v) is 2.83. The van der Waals surface area contributed by atoms with E-state index < -0.39 is 24.9 Å². The molecule has 5 heteroatoms. The summed E-state index contributed by atoms with van der Waals surface area (Å²) >= 11 is 0. The Morgan fingerprint density at radius 1 is 1.27 bits per heavy atom. The first kappa shape index (κ1) is 10.4. The van der Waals surface area contributed by atoms with Crippen LogP contribution in [-0.4, -0.2) is 18.5 Å². The van der Waals surface area contributed by atoms with E-state index in [1.807, 2.05) is 0 Å². The van der Waals surface area contributed by atoms with Gasteiger partial charge in [-0.25, -0.2) is 13.2 Å². The van der Waals surface area contributed by atoms with Gasteiger partial charge in [0.05, 0.1) is 0 Å². The van der Waals surface area contributed by atoms with Crippen LogP contribution in [-0.2, 0) is 0 Å². The minimum absolute atomic E-state index is 0.767. The summed E-state index contributed by atoms with van der Waals surface area (Å²) in [6, 6.07) is 0. The van der Waals surface area contributed by atoms with E-state index in [1.165, 1.54) is 0 Å². The van der Waals surface area contributed by atoms with Crippen LogP contribution < -0.4 is 0 Å². The lowest BCUT2D eigenvalue weighted by Crippen LogP contribution is -2.37. The molecule has 0 radical (unpaired) electrons. The summed E-state index contributed by atoms with van der Waals surface area (Å²) in [6.07, 6.45) is -6.74. The van der Waals surface area contributed by atoms with Crippen molar-refractivity contribution in [2.75, 3.05) is 0 Å². The van der Waals surface area contributed by atoms with Crippen LogP contribution in [0.3, 0.4) is 0 Å². The molecule has 0 aromatic heterocycles. The molecule has 0 rings (SSSR count). The van der Waals surface area contributed by atoms with Crippen molar-refractivity contribution in [1.82, 2.24) is 0 Å². The summed E-state index contributed by atoms with van der Waals surface area (Å²) in [5, 5.41) is 0. The van der Waals surface area contributed by atoms with E-state index in [9.17, 15) is 22.0 Å². The van der Waals surface area contributed by atoms with Crippen molar-refractivity contribution < 1.29 is 22.0 Å². The van der Waals surface area contributed by atoms with Crippen molar-refractivity contribution in [3.05, 3.63) is 12.7 Å². The minimum Gasteiger partial charge on any atom is -0.240 e. The van der Waals surface area contributed by atoms with E-state index in [-0.39, 0.29) is 0 Å². The largest absolute Gasteiger partial charge is 0.338 e. The second-order valence-corrected chi connectivity index (χ2v) is 1.97. The molecule has 0 spiro atoms. The Labute approximate surface area is 60.7 Å². The van der Waals surface area contributed by atoms with Crippen molar-refractivity contribution in [1.29, 1.82) is 0 Å². The van der Waals surface area contributed by atoms with Gasteiger partial charge in [0.2, 0.25) is 0 Å². The average molecular weight is 174 g/mol. The van der Waals surface area contributed by atoms with Gasteiger partial charge in [0.25, 0.3) is 0 Å². The maximum absolute atomic E-state index is 12.1. The zero-order valence-corrected chi connectivity index (χ0v) is 5.54. The second-order valence-electron chi connectivity index (χ2n) is 1.97. The van der Waals surface area contributed by atoms with Crippen LogP contribution in [0.25, 0.3) is 0 Å². The molecule has 0 fully saturated rings. The molecule has 0 saturated heterocycles. The number of alkyl halides is 5. The molecule has 1 atom stereocenters. The van der Waals surface area contributed by atoms with Crippen LogP contribution in [0.15, 0.2) is 12.7 Å². The summed E-state index contributed by atoms with van der Waals surface area (Å²) < 4.78 is 58.8. The molecule has 0 aromatic rings. The molecule has 0 aromatic carbocycles. The van der Waals surface area contributed by atoms with Crippen LogP contribution in [0.2, 0.25) is 0 Å². The molecule has 0 aliphatic heterocycles. The van der Waals surface area contributed by atoms with Gasteiger partial charge in [0.15, 0.2) is 6.17 Å². The number of hydrogen-bond acceptors (Lipinski definition) is 0. The van der Waals surface area contributed by atoms with Gasteiger partial charge in [-0.1, -0.05) is 6.08 Å². The van der Waals surface area contributed by atoms with Gasteiger partial charge in [-0.15, -0.1) is 6.58 Å². The smallest absolute Gasteiger partial charge is 0.240 e. The van der Waals surface area contributed by atoms with Crippen LogP contribution in [0.1, 0.15) is 6.42 Å². The van der Waals surface area contributed by atoms with E-state index in [2.05, 4.69) is 6.58 Å². The lowest BCUT2D eigenvalue weighted by Gasteiger charge is -2.17. The average Bonchev–Trinajstić information content (AvgIpc) is 1.88. The zero-order chi connectivity index (χ0) is 9.07.